The second kappa shape index (κ2) is 9.69. The molecule has 1 unspecified atom stereocenters. The topological polar surface area (TPSA) is 0 Å². The molecular weight excluding hydrogens is 192 g/mol. The minimum absolute atomic E-state index is 0.741. The van der Waals surface area contributed by atoms with Crippen molar-refractivity contribution < 1.29 is 0 Å². The molecule has 0 fully saturated rings. The SMILES string of the molecule is C=CCCC(C=C(CC)CCCC)C(C)C. The molecule has 0 rings (SSSR count). The van der Waals surface area contributed by atoms with Crippen LogP contribution in [0, 0.1) is 11.8 Å². The average molecular weight is 222 g/mol. The summed E-state index contributed by atoms with van der Waals surface area (Å²) in [5.41, 5.74) is 1.66. The quantitative estimate of drug-likeness (QED) is 0.436. The molecule has 0 aliphatic carbocycles. The van der Waals surface area contributed by atoms with Crippen LogP contribution in [0.5, 0.6) is 0 Å². The van der Waals surface area contributed by atoms with Crippen LogP contribution >= 0.6 is 0 Å². The van der Waals surface area contributed by atoms with Gasteiger partial charge in [0.05, 0.1) is 0 Å². The van der Waals surface area contributed by atoms with E-state index in [1.165, 1.54) is 32.1 Å². The Morgan fingerprint density at radius 1 is 1.25 bits per heavy atom. The average Bonchev–Trinajstić information content (AvgIpc) is 2.28. The molecule has 0 heteroatoms. The summed E-state index contributed by atoms with van der Waals surface area (Å²) in [6.07, 6.45) is 12.1. The first-order valence-corrected chi connectivity index (χ1v) is 6.96. The van der Waals surface area contributed by atoms with Gasteiger partial charge in [0.1, 0.15) is 0 Å². The van der Waals surface area contributed by atoms with Crippen molar-refractivity contribution in [2.24, 2.45) is 11.8 Å². The fraction of sp³-hybridized carbons (Fsp3) is 0.750. The van der Waals surface area contributed by atoms with Gasteiger partial charge in [0, 0.05) is 0 Å². The Balaban J connectivity index is 4.38. The molecule has 1 atom stereocenters. The molecule has 16 heavy (non-hydrogen) atoms. The number of allylic oxidation sites excluding steroid dienone is 3. The van der Waals surface area contributed by atoms with Gasteiger partial charge in [0.25, 0.3) is 0 Å². The summed E-state index contributed by atoms with van der Waals surface area (Å²) in [6.45, 7) is 13.0. The van der Waals surface area contributed by atoms with Crippen LogP contribution in [0.3, 0.4) is 0 Å². The van der Waals surface area contributed by atoms with E-state index in [2.05, 4.69) is 40.3 Å². The molecule has 0 heterocycles. The predicted molar refractivity (Wildman–Crippen MR) is 75.7 cm³/mol. The molecular formula is C16H30. The molecule has 0 aliphatic heterocycles. The lowest BCUT2D eigenvalue weighted by atomic mass is 9.88. The van der Waals surface area contributed by atoms with Gasteiger partial charge in [-0.05, 0) is 43.9 Å². The third kappa shape index (κ3) is 6.87. The first-order valence-electron chi connectivity index (χ1n) is 6.96. The van der Waals surface area contributed by atoms with E-state index in [1.807, 2.05) is 6.08 Å². The summed E-state index contributed by atoms with van der Waals surface area (Å²) in [5.74, 6) is 1.49. The van der Waals surface area contributed by atoms with Crippen molar-refractivity contribution in [3.05, 3.63) is 24.3 Å². The van der Waals surface area contributed by atoms with Crippen LogP contribution in [0.2, 0.25) is 0 Å². The van der Waals surface area contributed by atoms with E-state index in [1.54, 1.807) is 5.57 Å². The zero-order valence-electron chi connectivity index (χ0n) is 11.8. The van der Waals surface area contributed by atoms with Crippen LogP contribution in [0.25, 0.3) is 0 Å². The van der Waals surface area contributed by atoms with Crippen LogP contribution in [0.4, 0.5) is 0 Å². The first-order chi connectivity index (χ1) is 7.65. The van der Waals surface area contributed by atoms with E-state index < -0.39 is 0 Å². The molecule has 0 aromatic carbocycles. The summed E-state index contributed by atoms with van der Waals surface area (Å²) >= 11 is 0. The molecule has 0 nitrogen and oxygen atoms in total. The molecule has 0 radical (unpaired) electrons. The van der Waals surface area contributed by atoms with E-state index >= 15 is 0 Å². The van der Waals surface area contributed by atoms with Crippen LogP contribution in [-0.4, -0.2) is 0 Å². The molecule has 0 bridgehead atoms. The first kappa shape index (κ1) is 15.5. The maximum atomic E-state index is 3.82. The normalized spacial score (nSPS) is 14.2. The highest BCUT2D eigenvalue weighted by Crippen LogP contribution is 2.23. The lowest BCUT2D eigenvalue weighted by Crippen LogP contribution is -2.06. The van der Waals surface area contributed by atoms with Crippen molar-refractivity contribution in [3.63, 3.8) is 0 Å². The van der Waals surface area contributed by atoms with E-state index in [9.17, 15) is 0 Å². The maximum Gasteiger partial charge on any atom is -0.0205 e. The minimum Gasteiger partial charge on any atom is -0.103 e. The summed E-state index contributed by atoms with van der Waals surface area (Å²) in [7, 11) is 0. The Morgan fingerprint density at radius 3 is 2.38 bits per heavy atom. The molecule has 0 amide bonds. The number of hydrogen-bond donors (Lipinski definition) is 0. The van der Waals surface area contributed by atoms with Gasteiger partial charge in [-0.25, -0.2) is 0 Å². The standard InChI is InChI=1S/C16H30/c1-6-9-11-15(8-3)13-16(14(4)5)12-10-7-2/h7,13-14,16H,2,6,8-12H2,1,3-5H3. The Morgan fingerprint density at radius 2 is 1.94 bits per heavy atom. The molecule has 0 aliphatic rings. The predicted octanol–water partition coefficient (Wildman–Crippen LogP) is 5.75. The smallest absolute Gasteiger partial charge is 0.0205 e. The third-order valence-corrected chi connectivity index (χ3v) is 3.32. The number of unbranched alkanes of at least 4 members (excludes halogenated alkanes) is 1. The van der Waals surface area contributed by atoms with Gasteiger partial charge in [-0.3, -0.25) is 0 Å². The zero-order valence-corrected chi connectivity index (χ0v) is 11.8. The lowest BCUT2D eigenvalue weighted by Gasteiger charge is -2.18. The molecule has 0 aromatic heterocycles. The molecule has 0 saturated carbocycles. The lowest BCUT2D eigenvalue weighted by molar-refractivity contribution is 0.435. The van der Waals surface area contributed by atoms with Gasteiger partial charge >= 0.3 is 0 Å². The summed E-state index contributed by atoms with van der Waals surface area (Å²) in [6, 6.07) is 0. The van der Waals surface area contributed by atoms with Gasteiger partial charge in [-0.1, -0.05) is 51.8 Å². The third-order valence-electron chi connectivity index (χ3n) is 3.32. The number of hydrogen-bond acceptors (Lipinski definition) is 0. The van der Waals surface area contributed by atoms with Crippen molar-refractivity contribution >= 4 is 0 Å². The van der Waals surface area contributed by atoms with E-state index in [0.29, 0.717) is 0 Å². The highest BCUT2D eigenvalue weighted by atomic mass is 14.2. The van der Waals surface area contributed by atoms with Crippen molar-refractivity contribution in [1.82, 2.24) is 0 Å². The Kier molecular flexibility index (Phi) is 9.37. The summed E-state index contributed by atoms with van der Waals surface area (Å²) in [5, 5.41) is 0. The van der Waals surface area contributed by atoms with E-state index in [4.69, 9.17) is 0 Å². The van der Waals surface area contributed by atoms with Gasteiger partial charge in [-0.2, -0.15) is 0 Å². The van der Waals surface area contributed by atoms with Crippen molar-refractivity contribution in [3.8, 4) is 0 Å². The van der Waals surface area contributed by atoms with Gasteiger partial charge in [-0.15, -0.1) is 6.58 Å². The monoisotopic (exact) mass is 222 g/mol. The van der Waals surface area contributed by atoms with Crippen LogP contribution < -0.4 is 0 Å². The van der Waals surface area contributed by atoms with Gasteiger partial charge in [0.2, 0.25) is 0 Å². The van der Waals surface area contributed by atoms with Crippen LogP contribution in [0.1, 0.15) is 66.2 Å². The largest absolute Gasteiger partial charge is 0.103 e. The molecule has 0 aromatic rings. The second-order valence-electron chi connectivity index (χ2n) is 5.06. The Labute approximate surface area is 103 Å². The van der Waals surface area contributed by atoms with E-state index in [0.717, 1.165) is 18.3 Å². The molecule has 0 spiro atoms. The Bertz CT molecular complexity index is 198. The number of rotatable bonds is 9. The van der Waals surface area contributed by atoms with Crippen molar-refractivity contribution in [2.75, 3.05) is 0 Å². The van der Waals surface area contributed by atoms with Gasteiger partial charge < -0.3 is 0 Å². The van der Waals surface area contributed by atoms with E-state index in [-0.39, 0.29) is 0 Å². The summed E-state index contributed by atoms with van der Waals surface area (Å²) < 4.78 is 0. The molecule has 0 saturated heterocycles. The summed E-state index contributed by atoms with van der Waals surface area (Å²) in [4.78, 5) is 0. The highest BCUT2D eigenvalue weighted by molar-refractivity contribution is 5.04. The van der Waals surface area contributed by atoms with Crippen molar-refractivity contribution in [2.45, 2.75) is 66.2 Å². The maximum absolute atomic E-state index is 3.82. The Hall–Kier alpha value is -0.520. The molecule has 94 valence electrons. The fourth-order valence-electron chi connectivity index (χ4n) is 2.00. The fourth-order valence-corrected chi connectivity index (χ4v) is 2.00. The second-order valence-corrected chi connectivity index (χ2v) is 5.06. The minimum atomic E-state index is 0.741. The van der Waals surface area contributed by atoms with Crippen LogP contribution in [0.15, 0.2) is 24.3 Å². The zero-order chi connectivity index (χ0) is 12.4. The highest BCUT2D eigenvalue weighted by Gasteiger charge is 2.10. The van der Waals surface area contributed by atoms with Crippen LogP contribution in [-0.2, 0) is 0 Å². The van der Waals surface area contributed by atoms with Crippen molar-refractivity contribution in [1.29, 1.82) is 0 Å². The van der Waals surface area contributed by atoms with Gasteiger partial charge in [0.15, 0.2) is 0 Å². The molecule has 0 N–H and O–H groups in total.